The standard InChI is InChI=1S/C30H38N2O7S/c1-3-29(33)38-22-10-6-5-9-21-37-27-17-13-25(14-18-27)31-32-26-15-19-28(20-16-26)40(35,36)24-12-8-7-11-23-39-30(34)4-2/h3-4,13-20H,1-2,5-12,21-24H2. The Hall–Kier alpha value is -3.79. The summed E-state index contributed by atoms with van der Waals surface area (Å²) in [6, 6.07) is 13.6. The first-order valence-corrected chi connectivity index (χ1v) is 15.0. The molecule has 0 atom stereocenters. The van der Waals surface area contributed by atoms with Crippen molar-refractivity contribution < 1.29 is 32.2 Å². The van der Waals surface area contributed by atoms with Crippen molar-refractivity contribution in [3.8, 4) is 5.75 Å². The van der Waals surface area contributed by atoms with Gasteiger partial charge in [0.1, 0.15) is 5.75 Å². The maximum atomic E-state index is 12.6. The van der Waals surface area contributed by atoms with E-state index in [0.29, 0.717) is 44.0 Å². The lowest BCUT2D eigenvalue weighted by atomic mass is 10.2. The van der Waals surface area contributed by atoms with Crippen LogP contribution in [0.5, 0.6) is 5.75 Å². The van der Waals surface area contributed by atoms with Crippen molar-refractivity contribution >= 4 is 33.2 Å². The van der Waals surface area contributed by atoms with Gasteiger partial charge in [-0.05, 0) is 87.1 Å². The van der Waals surface area contributed by atoms with Crippen LogP contribution in [0.2, 0.25) is 0 Å². The van der Waals surface area contributed by atoms with Crippen molar-refractivity contribution in [2.24, 2.45) is 10.2 Å². The number of rotatable bonds is 20. The molecule has 0 N–H and O–H groups in total. The number of hydrogen-bond donors (Lipinski definition) is 0. The van der Waals surface area contributed by atoms with Crippen LogP contribution in [0, 0.1) is 0 Å². The van der Waals surface area contributed by atoms with Gasteiger partial charge in [0.15, 0.2) is 9.84 Å². The molecule has 2 aromatic rings. The molecule has 0 radical (unpaired) electrons. The molecule has 9 nitrogen and oxygen atoms in total. The molecule has 0 aliphatic carbocycles. The minimum atomic E-state index is -3.39. The first-order chi connectivity index (χ1) is 19.3. The number of nitrogens with zero attached hydrogens (tertiary/aromatic N) is 2. The first kappa shape index (κ1) is 32.4. The van der Waals surface area contributed by atoms with Gasteiger partial charge in [-0.1, -0.05) is 26.0 Å². The van der Waals surface area contributed by atoms with Gasteiger partial charge in [0, 0.05) is 12.2 Å². The van der Waals surface area contributed by atoms with Crippen LogP contribution in [0.1, 0.15) is 51.4 Å². The molecule has 0 saturated heterocycles. The van der Waals surface area contributed by atoms with Gasteiger partial charge in [0.2, 0.25) is 0 Å². The average molecular weight is 571 g/mol. The summed E-state index contributed by atoms with van der Waals surface area (Å²) in [5.74, 6) is -0.0419. The fourth-order valence-electron chi connectivity index (χ4n) is 3.52. The molecule has 10 heteroatoms. The number of azo groups is 1. The molecular formula is C30H38N2O7S. The number of sulfone groups is 1. The van der Waals surface area contributed by atoms with E-state index in [2.05, 4.69) is 23.4 Å². The molecule has 2 rings (SSSR count). The number of benzene rings is 2. The smallest absolute Gasteiger partial charge is 0.330 e. The quantitative estimate of drug-likeness (QED) is 0.0740. The second-order valence-electron chi connectivity index (χ2n) is 8.93. The molecule has 0 aliphatic rings. The zero-order chi connectivity index (χ0) is 29.1. The molecule has 0 amide bonds. The van der Waals surface area contributed by atoms with Gasteiger partial charge in [-0.2, -0.15) is 10.2 Å². The van der Waals surface area contributed by atoms with E-state index in [0.717, 1.165) is 56.4 Å². The van der Waals surface area contributed by atoms with Gasteiger partial charge in [-0.15, -0.1) is 0 Å². The fraction of sp³-hybridized carbons (Fsp3) is 0.400. The van der Waals surface area contributed by atoms with Gasteiger partial charge in [0.05, 0.1) is 41.8 Å². The highest BCUT2D eigenvalue weighted by molar-refractivity contribution is 7.91. The molecule has 2 aromatic carbocycles. The molecule has 0 unspecified atom stereocenters. The van der Waals surface area contributed by atoms with Crippen LogP contribution < -0.4 is 4.74 Å². The van der Waals surface area contributed by atoms with Crippen molar-refractivity contribution in [3.63, 3.8) is 0 Å². The van der Waals surface area contributed by atoms with Gasteiger partial charge in [0.25, 0.3) is 0 Å². The van der Waals surface area contributed by atoms with Gasteiger partial charge >= 0.3 is 11.9 Å². The maximum Gasteiger partial charge on any atom is 0.330 e. The maximum absolute atomic E-state index is 12.6. The topological polar surface area (TPSA) is 121 Å². The summed E-state index contributed by atoms with van der Waals surface area (Å²) in [6.07, 6.45) is 8.68. The van der Waals surface area contributed by atoms with Crippen molar-refractivity contribution in [2.45, 2.75) is 56.3 Å². The SMILES string of the molecule is C=CC(=O)OCCCCCCOc1ccc(N=Nc2ccc(S(=O)(=O)CCCCCCOC(=O)C=C)cc2)cc1. The van der Waals surface area contributed by atoms with Gasteiger partial charge < -0.3 is 14.2 Å². The Morgan fingerprint density at radius 1 is 0.650 bits per heavy atom. The number of esters is 2. The second-order valence-corrected chi connectivity index (χ2v) is 11.0. The largest absolute Gasteiger partial charge is 0.494 e. The van der Waals surface area contributed by atoms with Gasteiger partial charge in [-0.25, -0.2) is 18.0 Å². The summed E-state index contributed by atoms with van der Waals surface area (Å²) in [4.78, 5) is 22.2. The van der Waals surface area contributed by atoms with Crippen LogP contribution in [-0.4, -0.2) is 45.9 Å². The number of carbonyl (C=O) groups excluding carboxylic acids is 2. The monoisotopic (exact) mass is 570 g/mol. The van der Waals surface area contributed by atoms with Gasteiger partial charge in [-0.3, -0.25) is 0 Å². The molecule has 0 heterocycles. The van der Waals surface area contributed by atoms with E-state index in [9.17, 15) is 18.0 Å². The predicted molar refractivity (Wildman–Crippen MR) is 154 cm³/mol. The van der Waals surface area contributed by atoms with Crippen LogP contribution in [0.15, 0.2) is 89.0 Å². The Bertz CT molecular complexity index is 1210. The number of unbranched alkanes of at least 4 members (excludes halogenated alkanes) is 6. The van der Waals surface area contributed by atoms with Crippen LogP contribution in [0.4, 0.5) is 11.4 Å². The highest BCUT2D eigenvalue weighted by Crippen LogP contribution is 2.23. The summed E-state index contributed by atoms with van der Waals surface area (Å²) in [7, 11) is -3.39. The van der Waals surface area contributed by atoms with Crippen molar-refractivity contribution in [3.05, 3.63) is 73.8 Å². The molecule has 0 aromatic heterocycles. The summed E-state index contributed by atoms with van der Waals surface area (Å²) < 4.78 is 40.8. The lowest BCUT2D eigenvalue weighted by molar-refractivity contribution is -0.138. The van der Waals surface area contributed by atoms with E-state index in [1.54, 1.807) is 36.4 Å². The molecule has 0 fully saturated rings. The molecule has 0 aliphatic heterocycles. The third kappa shape index (κ3) is 13.3. The molecule has 216 valence electrons. The number of ether oxygens (including phenoxy) is 3. The number of carbonyl (C=O) groups is 2. The molecule has 0 bridgehead atoms. The van der Waals surface area contributed by atoms with E-state index in [4.69, 9.17) is 14.2 Å². The molecule has 40 heavy (non-hydrogen) atoms. The Morgan fingerprint density at radius 2 is 1.10 bits per heavy atom. The van der Waals surface area contributed by atoms with Crippen LogP contribution in [-0.2, 0) is 28.9 Å². The molecular weight excluding hydrogens is 532 g/mol. The summed E-state index contributed by atoms with van der Waals surface area (Å²) in [5.41, 5.74) is 1.20. The molecule has 0 saturated carbocycles. The fourth-order valence-corrected chi connectivity index (χ4v) is 4.89. The Balaban J connectivity index is 1.67. The van der Waals surface area contributed by atoms with E-state index in [1.165, 1.54) is 0 Å². The van der Waals surface area contributed by atoms with E-state index >= 15 is 0 Å². The third-order valence-corrected chi connectivity index (χ3v) is 7.57. The van der Waals surface area contributed by atoms with Crippen molar-refractivity contribution in [2.75, 3.05) is 25.6 Å². The summed E-state index contributed by atoms with van der Waals surface area (Å²) >= 11 is 0. The molecule has 0 spiro atoms. The summed E-state index contributed by atoms with van der Waals surface area (Å²) in [5, 5.41) is 8.40. The average Bonchev–Trinajstić information content (AvgIpc) is 2.97. The zero-order valence-electron chi connectivity index (χ0n) is 22.8. The van der Waals surface area contributed by atoms with Crippen molar-refractivity contribution in [1.29, 1.82) is 0 Å². The van der Waals surface area contributed by atoms with Crippen molar-refractivity contribution in [1.82, 2.24) is 0 Å². The minimum absolute atomic E-state index is 0.0575. The van der Waals surface area contributed by atoms with E-state index < -0.39 is 21.8 Å². The van der Waals surface area contributed by atoms with Crippen LogP contribution in [0.25, 0.3) is 0 Å². The number of hydrogen-bond acceptors (Lipinski definition) is 9. The van der Waals surface area contributed by atoms with Crippen LogP contribution in [0.3, 0.4) is 0 Å². The highest BCUT2D eigenvalue weighted by atomic mass is 32.2. The van der Waals surface area contributed by atoms with E-state index in [-0.39, 0.29) is 10.6 Å². The highest BCUT2D eigenvalue weighted by Gasteiger charge is 2.13. The Labute approximate surface area is 236 Å². The Kier molecular flexibility index (Phi) is 15.0. The van der Waals surface area contributed by atoms with E-state index in [1.807, 2.05) is 12.1 Å². The lowest BCUT2D eigenvalue weighted by Gasteiger charge is -2.06. The zero-order valence-corrected chi connectivity index (χ0v) is 23.6. The van der Waals surface area contributed by atoms with Crippen LogP contribution >= 0.6 is 0 Å². The Morgan fingerprint density at radius 3 is 1.60 bits per heavy atom. The lowest BCUT2D eigenvalue weighted by Crippen LogP contribution is -2.07. The normalized spacial score (nSPS) is 11.2. The predicted octanol–water partition coefficient (Wildman–Crippen LogP) is 6.83. The third-order valence-electron chi connectivity index (χ3n) is 5.75. The first-order valence-electron chi connectivity index (χ1n) is 13.4. The minimum Gasteiger partial charge on any atom is -0.494 e. The summed E-state index contributed by atoms with van der Waals surface area (Å²) in [6.45, 7) is 8.00. The second kappa shape index (κ2) is 18.5.